The van der Waals surface area contributed by atoms with Gasteiger partial charge in [0.2, 0.25) is 0 Å². The fraction of sp³-hybridized carbons (Fsp3) is 0.500. The fourth-order valence-electron chi connectivity index (χ4n) is 2.45. The molecule has 0 aliphatic carbocycles. The number of amides is 1. The monoisotopic (exact) mass is 365 g/mol. The van der Waals surface area contributed by atoms with Gasteiger partial charge in [-0.2, -0.15) is 0 Å². The number of esters is 1. The van der Waals surface area contributed by atoms with Crippen LogP contribution in [0.1, 0.15) is 37.6 Å². The van der Waals surface area contributed by atoms with Gasteiger partial charge in [0.25, 0.3) is 0 Å². The van der Waals surface area contributed by atoms with E-state index in [0.29, 0.717) is 5.56 Å². The number of ether oxygens (including phenoxy) is 3. The van der Waals surface area contributed by atoms with Gasteiger partial charge in [0.15, 0.2) is 6.10 Å². The predicted molar refractivity (Wildman–Crippen MR) is 90.8 cm³/mol. The van der Waals surface area contributed by atoms with Gasteiger partial charge < -0.3 is 24.6 Å². The smallest absolute Gasteiger partial charge is 0.408 e. The zero-order chi connectivity index (χ0) is 19.3. The molecule has 0 radical (unpaired) electrons. The van der Waals surface area contributed by atoms with Crippen LogP contribution in [0.2, 0.25) is 0 Å². The first kappa shape index (κ1) is 19.7. The number of rotatable bonds is 4. The Kier molecular flexibility index (Phi) is 6.20. The molecule has 1 aromatic carbocycles. The third-order valence-corrected chi connectivity index (χ3v) is 3.62. The van der Waals surface area contributed by atoms with E-state index in [1.54, 1.807) is 51.1 Å². The van der Waals surface area contributed by atoms with Crippen LogP contribution in [0.3, 0.4) is 0 Å². The van der Waals surface area contributed by atoms with Crippen LogP contribution in [0.15, 0.2) is 30.3 Å². The van der Waals surface area contributed by atoms with E-state index >= 15 is 0 Å². The molecular weight excluding hydrogens is 342 g/mol. The Morgan fingerprint density at radius 3 is 2.42 bits per heavy atom. The fourth-order valence-corrected chi connectivity index (χ4v) is 2.45. The van der Waals surface area contributed by atoms with Crippen molar-refractivity contribution in [1.29, 1.82) is 0 Å². The van der Waals surface area contributed by atoms with E-state index in [0.717, 1.165) is 0 Å². The van der Waals surface area contributed by atoms with E-state index < -0.39 is 41.9 Å². The van der Waals surface area contributed by atoms with Crippen LogP contribution in [0.4, 0.5) is 4.79 Å². The zero-order valence-electron chi connectivity index (χ0n) is 14.9. The van der Waals surface area contributed by atoms with Gasteiger partial charge >= 0.3 is 18.0 Å². The summed E-state index contributed by atoms with van der Waals surface area (Å²) in [6, 6.07) is 7.61. The maximum Gasteiger partial charge on any atom is 0.408 e. The van der Waals surface area contributed by atoms with E-state index in [4.69, 9.17) is 19.3 Å². The van der Waals surface area contributed by atoms with E-state index in [2.05, 4.69) is 5.32 Å². The standard InChI is InChI=1S/C18H23NO7/c1-18(2,3)26-17(23)19-12-10-24-14(15(20)21)9-13(12)25-16(22)11-7-5-4-6-8-11/h4-8,12-14H,9-10H2,1-3H3,(H,19,23)(H,20,21). The summed E-state index contributed by atoms with van der Waals surface area (Å²) in [6.45, 7) is 5.05. The molecule has 1 aliphatic heterocycles. The average molecular weight is 365 g/mol. The van der Waals surface area contributed by atoms with Crippen molar-refractivity contribution in [3.63, 3.8) is 0 Å². The number of carbonyl (C=O) groups excluding carboxylic acids is 2. The highest BCUT2D eigenvalue weighted by Gasteiger charge is 2.38. The minimum atomic E-state index is -1.15. The van der Waals surface area contributed by atoms with Crippen LogP contribution in [0.25, 0.3) is 0 Å². The van der Waals surface area contributed by atoms with Gasteiger partial charge in [0.1, 0.15) is 11.7 Å². The molecular formula is C18H23NO7. The summed E-state index contributed by atoms with van der Waals surface area (Å²) < 4.78 is 15.9. The molecule has 0 bridgehead atoms. The molecule has 1 aliphatic rings. The van der Waals surface area contributed by atoms with Crippen LogP contribution < -0.4 is 5.32 Å². The molecule has 2 N–H and O–H groups in total. The molecule has 1 aromatic rings. The van der Waals surface area contributed by atoms with Gasteiger partial charge in [-0.05, 0) is 32.9 Å². The number of nitrogens with one attached hydrogen (secondary N) is 1. The Bertz CT molecular complexity index is 653. The first-order valence-electron chi connectivity index (χ1n) is 8.25. The molecule has 1 amide bonds. The Hall–Kier alpha value is -2.61. The second-order valence-corrected chi connectivity index (χ2v) is 6.96. The number of carboxylic acid groups (broad SMARTS) is 1. The molecule has 1 saturated heterocycles. The van der Waals surface area contributed by atoms with Crippen LogP contribution in [0, 0.1) is 0 Å². The second kappa shape index (κ2) is 8.18. The number of aliphatic carboxylic acids is 1. The highest BCUT2D eigenvalue weighted by atomic mass is 16.6. The van der Waals surface area contributed by atoms with E-state index in [1.165, 1.54) is 0 Å². The molecule has 1 heterocycles. The van der Waals surface area contributed by atoms with Gasteiger partial charge in [-0.15, -0.1) is 0 Å². The van der Waals surface area contributed by atoms with E-state index in [-0.39, 0.29) is 13.0 Å². The third kappa shape index (κ3) is 5.73. The minimum Gasteiger partial charge on any atom is -0.479 e. The molecule has 3 unspecified atom stereocenters. The molecule has 142 valence electrons. The summed E-state index contributed by atoms with van der Waals surface area (Å²) in [5.74, 6) is -1.75. The minimum absolute atomic E-state index is 0.0750. The lowest BCUT2D eigenvalue weighted by Crippen LogP contribution is -2.55. The summed E-state index contributed by atoms with van der Waals surface area (Å²) in [4.78, 5) is 35.5. The summed E-state index contributed by atoms with van der Waals surface area (Å²) in [6.07, 6.45) is -2.74. The lowest BCUT2D eigenvalue weighted by molar-refractivity contribution is -0.159. The van der Waals surface area contributed by atoms with Crippen molar-refractivity contribution < 1.29 is 33.7 Å². The van der Waals surface area contributed by atoms with Gasteiger partial charge in [0, 0.05) is 6.42 Å². The highest BCUT2D eigenvalue weighted by Crippen LogP contribution is 2.20. The number of carbonyl (C=O) groups is 3. The average Bonchev–Trinajstić information content (AvgIpc) is 2.55. The Labute approximate surface area is 151 Å². The normalized spacial score (nSPS) is 23.0. The van der Waals surface area contributed by atoms with Gasteiger partial charge in [-0.3, -0.25) is 0 Å². The zero-order valence-corrected chi connectivity index (χ0v) is 14.9. The molecule has 0 aromatic heterocycles. The highest BCUT2D eigenvalue weighted by molar-refractivity contribution is 5.89. The van der Waals surface area contributed by atoms with Crippen molar-refractivity contribution in [2.45, 2.75) is 51.0 Å². The molecule has 0 saturated carbocycles. The van der Waals surface area contributed by atoms with Crippen LogP contribution in [-0.4, -0.2) is 53.6 Å². The van der Waals surface area contributed by atoms with Crippen molar-refractivity contribution in [1.82, 2.24) is 5.32 Å². The van der Waals surface area contributed by atoms with Crippen molar-refractivity contribution in [3.05, 3.63) is 35.9 Å². The first-order chi connectivity index (χ1) is 12.2. The Morgan fingerprint density at radius 1 is 1.19 bits per heavy atom. The largest absolute Gasteiger partial charge is 0.479 e. The molecule has 0 spiro atoms. The summed E-state index contributed by atoms with van der Waals surface area (Å²) in [7, 11) is 0. The SMILES string of the molecule is CC(C)(C)OC(=O)NC1COC(C(=O)O)CC1OC(=O)c1ccccc1. The molecule has 3 atom stereocenters. The molecule has 8 nitrogen and oxygen atoms in total. The Balaban J connectivity index is 2.08. The molecule has 2 rings (SSSR count). The predicted octanol–water partition coefficient (Wildman–Crippen LogP) is 1.98. The second-order valence-electron chi connectivity index (χ2n) is 6.96. The van der Waals surface area contributed by atoms with E-state index in [1.807, 2.05) is 0 Å². The van der Waals surface area contributed by atoms with Crippen molar-refractivity contribution in [3.8, 4) is 0 Å². The number of alkyl carbamates (subject to hydrolysis) is 1. The van der Waals surface area contributed by atoms with Crippen LogP contribution in [0.5, 0.6) is 0 Å². The summed E-state index contributed by atoms with van der Waals surface area (Å²) in [5.41, 5.74) is -0.360. The molecule has 1 fully saturated rings. The van der Waals surface area contributed by atoms with Crippen LogP contribution in [-0.2, 0) is 19.0 Å². The topological polar surface area (TPSA) is 111 Å². The van der Waals surface area contributed by atoms with Gasteiger partial charge in [0.05, 0.1) is 18.2 Å². The van der Waals surface area contributed by atoms with Crippen molar-refractivity contribution in [2.24, 2.45) is 0 Å². The number of hydrogen-bond acceptors (Lipinski definition) is 6. The van der Waals surface area contributed by atoms with Crippen molar-refractivity contribution in [2.75, 3.05) is 6.61 Å². The molecule has 8 heteroatoms. The number of carboxylic acids is 1. The summed E-state index contributed by atoms with van der Waals surface area (Å²) >= 11 is 0. The van der Waals surface area contributed by atoms with Crippen LogP contribution >= 0.6 is 0 Å². The first-order valence-corrected chi connectivity index (χ1v) is 8.25. The lowest BCUT2D eigenvalue weighted by atomic mass is 10.0. The summed E-state index contributed by atoms with van der Waals surface area (Å²) in [5, 5.41) is 11.7. The maximum atomic E-state index is 12.3. The Morgan fingerprint density at radius 2 is 1.85 bits per heavy atom. The molecule has 26 heavy (non-hydrogen) atoms. The van der Waals surface area contributed by atoms with E-state index in [9.17, 15) is 14.4 Å². The quantitative estimate of drug-likeness (QED) is 0.785. The maximum absolute atomic E-state index is 12.3. The number of benzene rings is 1. The number of hydrogen-bond donors (Lipinski definition) is 2. The lowest BCUT2D eigenvalue weighted by Gasteiger charge is -2.35. The van der Waals surface area contributed by atoms with Gasteiger partial charge in [-0.1, -0.05) is 18.2 Å². The van der Waals surface area contributed by atoms with Crippen molar-refractivity contribution >= 4 is 18.0 Å². The third-order valence-electron chi connectivity index (χ3n) is 3.62. The van der Waals surface area contributed by atoms with Gasteiger partial charge in [-0.25, -0.2) is 14.4 Å².